The van der Waals surface area contributed by atoms with Crippen LogP contribution in [-0.4, -0.2) is 10.2 Å². The van der Waals surface area contributed by atoms with Gasteiger partial charge in [0.15, 0.2) is 5.82 Å². The topological polar surface area (TPSA) is 67.8 Å². The average molecular weight is 332 g/mol. The Kier molecular flexibility index (Phi) is 3.36. The van der Waals surface area contributed by atoms with Gasteiger partial charge in [-0.3, -0.25) is 5.10 Å². The Bertz CT molecular complexity index is 745. The molecular weight excluding hydrogens is 318 g/mol. The lowest BCUT2D eigenvalue weighted by Crippen LogP contribution is -1.89. The van der Waals surface area contributed by atoms with E-state index in [0.29, 0.717) is 5.82 Å². The van der Waals surface area contributed by atoms with Crippen LogP contribution in [-0.2, 0) is 6.42 Å². The van der Waals surface area contributed by atoms with Gasteiger partial charge in [0.2, 0.25) is 0 Å². The van der Waals surface area contributed by atoms with Crippen molar-refractivity contribution in [2.24, 2.45) is 0 Å². The maximum atomic E-state index is 6.03. The van der Waals surface area contributed by atoms with Gasteiger partial charge in [-0.2, -0.15) is 5.10 Å². The van der Waals surface area contributed by atoms with Crippen molar-refractivity contribution in [2.75, 3.05) is 5.73 Å². The monoisotopic (exact) mass is 331 g/mol. The molecule has 0 unspecified atom stereocenters. The number of nitrogens with one attached hydrogen (secondary N) is 1. The molecule has 0 aliphatic rings. The Morgan fingerprint density at radius 3 is 2.95 bits per heavy atom. The van der Waals surface area contributed by atoms with Crippen LogP contribution in [0.25, 0.3) is 22.4 Å². The number of rotatable bonds is 3. The number of furan rings is 1. The van der Waals surface area contributed by atoms with E-state index in [-0.39, 0.29) is 0 Å². The van der Waals surface area contributed by atoms with Crippen LogP contribution in [0.15, 0.2) is 45.5 Å². The van der Waals surface area contributed by atoms with Crippen LogP contribution in [0.2, 0.25) is 0 Å². The summed E-state index contributed by atoms with van der Waals surface area (Å²) in [5.41, 5.74) is 9.86. The summed E-state index contributed by atoms with van der Waals surface area (Å²) in [6, 6.07) is 9.94. The highest BCUT2D eigenvalue weighted by Gasteiger charge is 2.18. The Hall–Kier alpha value is -2.01. The average Bonchev–Trinajstić information content (AvgIpc) is 3.04. The van der Waals surface area contributed by atoms with Crippen molar-refractivity contribution >= 4 is 21.7 Å². The number of halogens is 1. The molecule has 102 valence electrons. The normalized spacial score (nSPS) is 10.9. The second-order valence-corrected chi connectivity index (χ2v) is 5.40. The first-order valence-electron chi connectivity index (χ1n) is 6.37. The molecule has 0 aliphatic carbocycles. The molecule has 0 saturated heterocycles. The summed E-state index contributed by atoms with van der Waals surface area (Å²) in [6.45, 7) is 2.06. The molecule has 4 nitrogen and oxygen atoms in total. The lowest BCUT2D eigenvalue weighted by molar-refractivity contribution is 0.517. The smallest absolute Gasteiger partial charge is 0.153 e. The first kappa shape index (κ1) is 13.0. The number of nitrogens with two attached hydrogens (primary N) is 1. The predicted octanol–water partition coefficient (Wildman–Crippen LogP) is 4.24. The zero-order valence-electron chi connectivity index (χ0n) is 11.0. The fourth-order valence-electron chi connectivity index (χ4n) is 2.32. The number of aromatic amines is 1. The quantitative estimate of drug-likeness (QED) is 0.754. The molecule has 0 radical (unpaired) electrons. The van der Waals surface area contributed by atoms with Gasteiger partial charge < -0.3 is 10.2 Å². The maximum Gasteiger partial charge on any atom is 0.153 e. The number of hydrogen-bond donors (Lipinski definition) is 2. The maximum absolute atomic E-state index is 6.03. The van der Waals surface area contributed by atoms with Crippen molar-refractivity contribution in [3.8, 4) is 22.4 Å². The number of aromatic nitrogens is 2. The summed E-state index contributed by atoms with van der Waals surface area (Å²) >= 11 is 3.48. The number of nitrogens with zero attached hydrogens (tertiary/aromatic N) is 1. The van der Waals surface area contributed by atoms with Crippen LogP contribution in [0.4, 0.5) is 5.82 Å². The summed E-state index contributed by atoms with van der Waals surface area (Å²) < 4.78 is 6.50. The molecule has 3 rings (SSSR count). The van der Waals surface area contributed by atoms with Crippen LogP contribution in [0, 0.1) is 0 Å². The summed E-state index contributed by atoms with van der Waals surface area (Å²) in [7, 11) is 0. The number of anilines is 1. The van der Waals surface area contributed by atoms with Crippen molar-refractivity contribution < 1.29 is 4.42 Å². The molecule has 3 aromatic rings. The van der Waals surface area contributed by atoms with Crippen LogP contribution in [0.3, 0.4) is 0 Å². The highest BCUT2D eigenvalue weighted by Crippen LogP contribution is 2.37. The first-order valence-corrected chi connectivity index (χ1v) is 7.16. The molecular formula is C15H14BrN3O. The van der Waals surface area contributed by atoms with Gasteiger partial charge in [0.1, 0.15) is 5.76 Å². The van der Waals surface area contributed by atoms with Gasteiger partial charge in [-0.25, -0.2) is 0 Å². The third-order valence-electron chi connectivity index (χ3n) is 3.24. The SMILES string of the molecule is CCc1occc1-c1[nH]nc(N)c1-c1cccc(Br)c1. The third-order valence-corrected chi connectivity index (χ3v) is 3.74. The van der Waals surface area contributed by atoms with E-state index >= 15 is 0 Å². The first-order chi connectivity index (χ1) is 9.70. The van der Waals surface area contributed by atoms with Crippen molar-refractivity contribution in [2.45, 2.75) is 13.3 Å². The standard InChI is InChI=1S/C15H14BrN3O/c1-2-12-11(6-7-20-12)14-13(15(17)19-18-14)9-4-3-5-10(16)8-9/h3-8H,2H2,1H3,(H3,17,18,19). The van der Waals surface area contributed by atoms with E-state index in [2.05, 4.69) is 33.1 Å². The van der Waals surface area contributed by atoms with Gasteiger partial charge in [-0.1, -0.05) is 35.0 Å². The number of hydrogen-bond acceptors (Lipinski definition) is 3. The van der Waals surface area contributed by atoms with E-state index in [1.54, 1.807) is 6.26 Å². The van der Waals surface area contributed by atoms with Crippen molar-refractivity contribution in [1.82, 2.24) is 10.2 Å². The fraction of sp³-hybridized carbons (Fsp3) is 0.133. The molecule has 0 aliphatic heterocycles. The molecule has 0 bridgehead atoms. The van der Waals surface area contributed by atoms with Gasteiger partial charge in [0.25, 0.3) is 0 Å². The Balaban J connectivity index is 2.20. The fourth-order valence-corrected chi connectivity index (χ4v) is 2.72. The second-order valence-electron chi connectivity index (χ2n) is 4.48. The van der Waals surface area contributed by atoms with Gasteiger partial charge in [-0.05, 0) is 23.8 Å². The molecule has 0 fully saturated rings. The van der Waals surface area contributed by atoms with E-state index in [9.17, 15) is 0 Å². The van der Waals surface area contributed by atoms with Crippen LogP contribution >= 0.6 is 15.9 Å². The highest BCUT2D eigenvalue weighted by atomic mass is 79.9. The largest absolute Gasteiger partial charge is 0.469 e. The summed E-state index contributed by atoms with van der Waals surface area (Å²) in [6.07, 6.45) is 2.51. The number of benzene rings is 1. The minimum absolute atomic E-state index is 0.487. The number of nitrogen functional groups attached to an aromatic ring is 1. The zero-order valence-corrected chi connectivity index (χ0v) is 12.6. The molecule has 0 spiro atoms. The van der Waals surface area contributed by atoms with Crippen molar-refractivity contribution in [3.05, 3.63) is 46.8 Å². The van der Waals surface area contributed by atoms with Gasteiger partial charge >= 0.3 is 0 Å². The van der Waals surface area contributed by atoms with E-state index in [1.165, 1.54) is 0 Å². The molecule has 0 atom stereocenters. The highest BCUT2D eigenvalue weighted by molar-refractivity contribution is 9.10. The molecule has 1 aromatic carbocycles. The molecule has 5 heteroatoms. The minimum atomic E-state index is 0.487. The molecule has 0 amide bonds. The molecule has 0 saturated carbocycles. The van der Waals surface area contributed by atoms with Crippen molar-refractivity contribution in [1.29, 1.82) is 0 Å². The van der Waals surface area contributed by atoms with Crippen LogP contribution in [0.1, 0.15) is 12.7 Å². The number of aryl methyl sites for hydroxylation is 1. The van der Waals surface area contributed by atoms with E-state index in [4.69, 9.17) is 10.2 Å². The molecule has 20 heavy (non-hydrogen) atoms. The lowest BCUT2D eigenvalue weighted by atomic mass is 10.0. The summed E-state index contributed by atoms with van der Waals surface area (Å²) in [4.78, 5) is 0. The third kappa shape index (κ3) is 2.14. The number of H-pyrrole nitrogens is 1. The summed E-state index contributed by atoms with van der Waals surface area (Å²) in [5, 5.41) is 7.17. The molecule has 2 aromatic heterocycles. The minimum Gasteiger partial charge on any atom is -0.469 e. The Labute approximate surface area is 125 Å². The zero-order chi connectivity index (χ0) is 14.1. The predicted molar refractivity (Wildman–Crippen MR) is 83.2 cm³/mol. The van der Waals surface area contributed by atoms with Crippen molar-refractivity contribution in [3.63, 3.8) is 0 Å². The Morgan fingerprint density at radius 1 is 1.35 bits per heavy atom. The van der Waals surface area contributed by atoms with E-state index < -0.39 is 0 Å². The van der Waals surface area contributed by atoms with Crippen LogP contribution in [0.5, 0.6) is 0 Å². The van der Waals surface area contributed by atoms with E-state index in [0.717, 1.165) is 39.0 Å². The second kappa shape index (κ2) is 5.17. The summed E-state index contributed by atoms with van der Waals surface area (Å²) in [5.74, 6) is 1.41. The van der Waals surface area contributed by atoms with Crippen LogP contribution < -0.4 is 5.73 Å². The van der Waals surface area contributed by atoms with Gasteiger partial charge in [0.05, 0.1) is 17.5 Å². The van der Waals surface area contributed by atoms with Gasteiger partial charge in [-0.15, -0.1) is 0 Å². The Morgan fingerprint density at radius 2 is 2.20 bits per heavy atom. The lowest BCUT2D eigenvalue weighted by Gasteiger charge is -2.05. The van der Waals surface area contributed by atoms with Gasteiger partial charge in [0, 0.05) is 16.5 Å². The van der Waals surface area contributed by atoms with E-state index in [1.807, 2.05) is 30.3 Å². The molecule has 3 N–H and O–H groups in total. The molecule has 2 heterocycles.